The molecule has 0 bridgehead atoms. The number of nitrogens with one attached hydrogen (secondary N) is 2. The first kappa shape index (κ1) is 20.7. The number of thiocarbonyl (C=S) groups is 1. The fraction of sp³-hybridized carbons (Fsp3) is 0.333. The van der Waals surface area contributed by atoms with Crippen LogP contribution in [0.1, 0.15) is 15.9 Å². The van der Waals surface area contributed by atoms with E-state index in [-0.39, 0.29) is 5.91 Å². The summed E-state index contributed by atoms with van der Waals surface area (Å²) in [6.45, 7) is 6.78. The second-order valence-electron chi connectivity index (χ2n) is 6.79. The van der Waals surface area contributed by atoms with Gasteiger partial charge in [-0.3, -0.25) is 19.9 Å². The Hall–Kier alpha value is -1.99. The number of benzene rings is 2. The molecule has 2 aromatic rings. The molecule has 0 aromatic heterocycles. The highest BCUT2D eigenvalue weighted by molar-refractivity contribution is 7.80. The third-order valence-electron chi connectivity index (χ3n) is 4.77. The normalized spacial score (nSPS) is 15.2. The summed E-state index contributed by atoms with van der Waals surface area (Å²) in [5.74, 6) is -0.294. The SMILES string of the molecule is O=C(NC(=S)NCCN1CCN(Cc2ccccc2)CC1)c1ccccc1Cl. The molecule has 0 atom stereocenters. The van der Waals surface area contributed by atoms with Gasteiger partial charge in [-0.1, -0.05) is 54.1 Å². The summed E-state index contributed by atoms with van der Waals surface area (Å²) in [4.78, 5) is 17.1. The molecule has 0 unspecified atom stereocenters. The summed E-state index contributed by atoms with van der Waals surface area (Å²) in [5.41, 5.74) is 1.78. The molecule has 3 rings (SSSR count). The van der Waals surface area contributed by atoms with Crippen molar-refractivity contribution in [3.8, 4) is 0 Å². The Kier molecular flexibility index (Phi) is 7.80. The topological polar surface area (TPSA) is 47.6 Å². The van der Waals surface area contributed by atoms with Gasteiger partial charge in [0.2, 0.25) is 0 Å². The average molecular weight is 417 g/mol. The van der Waals surface area contributed by atoms with E-state index in [1.807, 2.05) is 0 Å². The standard InChI is InChI=1S/C21H25ClN4OS/c22-19-9-5-4-8-18(19)20(27)24-21(28)23-10-11-25-12-14-26(15-13-25)16-17-6-2-1-3-7-17/h1-9H,10-16H2,(H2,23,24,27,28). The summed E-state index contributed by atoms with van der Waals surface area (Å²) in [6, 6.07) is 17.5. The Balaban J connectivity index is 1.33. The molecule has 0 saturated carbocycles. The van der Waals surface area contributed by atoms with Crippen LogP contribution in [0.15, 0.2) is 54.6 Å². The van der Waals surface area contributed by atoms with E-state index in [1.165, 1.54) is 5.56 Å². The molecule has 1 amide bonds. The molecular formula is C21H25ClN4OS. The zero-order valence-corrected chi connectivity index (χ0v) is 17.3. The molecule has 1 heterocycles. The number of piperazine rings is 1. The second kappa shape index (κ2) is 10.5. The highest BCUT2D eigenvalue weighted by Crippen LogP contribution is 2.14. The number of carbonyl (C=O) groups excluding carboxylic acids is 1. The second-order valence-corrected chi connectivity index (χ2v) is 7.61. The van der Waals surface area contributed by atoms with Crippen molar-refractivity contribution in [2.24, 2.45) is 0 Å². The van der Waals surface area contributed by atoms with Crippen LogP contribution in [0.2, 0.25) is 5.02 Å². The molecule has 0 aliphatic carbocycles. The molecule has 28 heavy (non-hydrogen) atoms. The maximum Gasteiger partial charge on any atom is 0.258 e. The van der Waals surface area contributed by atoms with Crippen LogP contribution in [0, 0.1) is 0 Å². The number of halogens is 1. The molecule has 1 aliphatic heterocycles. The lowest BCUT2D eigenvalue weighted by molar-refractivity contribution is 0.0976. The summed E-state index contributed by atoms with van der Waals surface area (Å²) in [6.07, 6.45) is 0. The molecule has 148 valence electrons. The Labute approximate surface area is 176 Å². The van der Waals surface area contributed by atoms with E-state index in [2.05, 4.69) is 50.8 Å². The largest absolute Gasteiger partial charge is 0.361 e. The van der Waals surface area contributed by atoms with Gasteiger partial charge in [-0.2, -0.15) is 0 Å². The first-order chi connectivity index (χ1) is 13.6. The molecule has 7 heteroatoms. The van der Waals surface area contributed by atoms with Crippen LogP contribution in [0.5, 0.6) is 0 Å². The van der Waals surface area contributed by atoms with Crippen molar-refractivity contribution in [1.82, 2.24) is 20.4 Å². The molecule has 1 aliphatic rings. The van der Waals surface area contributed by atoms with Crippen LogP contribution in [0.4, 0.5) is 0 Å². The van der Waals surface area contributed by atoms with Crippen LogP contribution in [0.3, 0.4) is 0 Å². The van der Waals surface area contributed by atoms with Gasteiger partial charge in [0.1, 0.15) is 0 Å². The number of rotatable bonds is 6. The Morgan fingerprint density at radius 3 is 2.32 bits per heavy atom. The van der Waals surface area contributed by atoms with Gasteiger partial charge >= 0.3 is 0 Å². The van der Waals surface area contributed by atoms with E-state index in [9.17, 15) is 4.79 Å². The van der Waals surface area contributed by atoms with Crippen molar-refractivity contribution < 1.29 is 4.79 Å². The number of amides is 1. The quantitative estimate of drug-likeness (QED) is 0.709. The molecule has 5 nitrogen and oxygen atoms in total. The number of carbonyl (C=O) groups is 1. The Morgan fingerprint density at radius 2 is 1.61 bits per heavy atom. The van der Waals surface area contributed by atoms with Gasteiger partial charge in [0.15, 0.2) is 5.11 Å². The van der Waals surface area contributed by atoms with Crippen LogP contribution < -0.4 is 10.6 Å². The van der Waals surface area contributed by atoms with E-state index in [0.717, 1.165) is 39.3 Å². The van der Waals surface area contributed by atoms with Gasteiger partial charge in [0.05, 0.1) is 10.6 Å². The van der Waals surface area contributed by atoms with E-state index in [0.29, 0.717) is 22.2 Å². The zero-order valence-electron chi connectivity index (χ0n) is 15.7. The van der Waals surface area contributed by atoms with E-state index >= 15 is 0 Å². The van der Waals surface area contributed by atoms with Gasteiger partial charge in [0, 0.05) is 45.8 Å². The van der Waals surface area contributed by atoms with Crippen molar-refractivity contribution in [2.45, 2.75) is 6.54 Å². The van der Waals surface area contributed by atoms with Gasteiger partial charge < -0.3 is 5.32 Å². The predicted molar refractivity (Wildman–Crippen MR) is 118 cm³/mol. The minimum Gasteiger partial charge on any atom is -0.361 e. The van der Waals surface area contributed by atoms with Gasteiger partial charge in [0.25, 0.3) is 5.91 Å². The maximum atomic E-state index is 12.2. The zero-order chi connectivity index (χ0) is 19.8. The van der Waals surface area contributed by atoms with Crippen molar-refractivity contribution in [1.29, 1.82) is 0 Å². The molecule has 1 saturated heterocycles. The lowest BCUT2D eigenvalue weighted by Crippen LogP contribution is -2.49. The highest BCUT2D eigenvalue weighted by atomic mass is 35.5. The molecular weight excluding hydrogens is 392 g/mol. The Bertz CT molecular complexity index is 794. The fourth-order valence-corrected chi connectivity index (χ4v) is 3.62. The summed E-state index contributed by atoms with van der Waals surface area (Å²) >= 11 is 11.3. The lowest BCUT2D eigenvalue weighted by atomic mass is 10.2. The summed E-state index contributed by atoms with van der Waals surface area (Å²) in [7, 11) is 0. The molecule has 2 N–H and O–H groups in total. The Morgan fingerprint density at radius 1 is 0.964 bits per heavy atom. The van der Waals surface area contributed by atoms with Crippen LogP contribution in [-0.4, -0.2) is 60.1 Å². The van der Waals surface area contributed by atoms with Crippen molar-refractivity contribution in [3.63, 3.8) is 0 Å². The van der Waals surface area contributed by atoms with Gasteiger partial charge in [-0.25, -0.2) is 0 Å². The van der Waals surface area contributed by atoms with Gasteiger partial charge in [-0.05, 0) is 29.9 Å². The first-order valence-electron chi connectivity index (χ1n) is 9.44. The highest BCUT2D eigenvalue weighted by Gasteiger charge is 2.17. The fourth-order valence-electron chi connectivity index (χ4n) is 3.20. The van der Waals surface area contributed by atoms with E-state index < -0.39 is 0 Å². The monoisotopic (exact) mass is 416 g/mol. The summed E-state index contributed by atoms with van der Waals surface area (Å²) in [5, 5.41) is 6.52. The smallest absolute Gasteiger partial charge is 0.258 e. The van der Waals surface area contributed by atoms with Crippen LogP contribution in [-0.2, 0) is 6.54 Å². The van der Waals surface area contributed by atoms with E-state index in [4.69, 9.17) is 23.8 Å². The molecule has 0 spiro atoms. The first-order valence-corrected chi connectivity index (χ1v) is 10.2. The number of hydrogen-bond acceptors (Lipinski definition) is 4. The average Bonchev–Trinajstić information content (AvgIpc) is 2.70. The van der Waals surface area contributed by atoms with Crippen molar-refractivity contribution >= 4 is 34.8 Å². The summed E-state index contributed by atoms with van der Waals surface area (Å²) < 4.78 is 0. The third kappa shape index (κ3) is 6.27. The molecule has 2 aromatic carbocycles. The van der Waals surface area contributed by atoms with Crippen molar-refractivity contribution in [2.75, 3.05) is 39.3 Å². The third-order valence-corrected chi connectivity index (χ3v) is 5.35. The van der Waals surface area contributed by atoms with E-state index in [1.54, 1.807) is 24.3 Å². The predicted octanol–water partition coefficient (Wildman–Crippen LogP) is 2.76. The lowest BCUT2D eigenvalue weighted by Gasteiger charge is -2.34. The minimum absolute atomic E-state index is 0.294. The minimum atomic E-state index is -0.294. The molecule has 0 radical (unpaired) electrons. The van der Waals surface area contributed by atoms with Crippen molar-refractivity contribution in [3.05, 3.63) is 70.7 Å². The number of hydrogen-bond donors (Lipinski definition) is 2. The van der Waals surface area contributed by atoms with Crippen LogP contribution >= 0.6 is 23.8 Å². The van der Waals surface area contributed by atoms with Crippen LogP contribution in [0.25, 0.3) is 0 Å². The van der Waals surface area contributed by atoms with Gasteiger partial charge in [-0.15, -0.1) is 0 Å². The molecule has 1 fully saturated rings. The maximum absolute atomic E-state index is 12.2. The number of nitrogens with zero attached hydrogens (tertiary/aromatic N) is 2.